The highest BCUT2D eigenvalue weighted by molar-refractivity contribution is 14.2. The van der Waals surface area contributed by atoms with E-state index in [1.807, 2.05) is 22.6 Å². The molecule has 1 aromatic heterocycles. The van der Waals surface area contributed by atoms with Gasteiger partial charge in [-0.3, -0.25) is 4.79 Å². The van der Waals surface area contributed by atoms with Crippen LogP contribution in [0.15, 0.2) is 4.60 Å². The number of carbonyl (C=O) groups excluding carboxylic acids is 1. The van der Waals surface area contributed by atoms with Crippen LogP contribution in [-0.4, -0.2) is 18.7 Å². The van der Waals surface area contributed by atoms with Crippen LogP contribution in [0.2, 0.25) is 0 Å². The zero-order valence-electron chi connectivity index (χ0n) is 6.79. The van der Waals surface area contributed by atoms with Gasteiger partial charge in [0.05, 0.1) is 26.8 Å². The summed E-state index contributed by atoms with van der Waals surface area (Å²) >= 11 is 6.30. The molecule has 0 unspecified atom stereocenters. The van der Waals surface area contributed by atoms with Crippen molar-refractivity contribution in [3.05, 3.63) is 19.4 Å². The van der Waals surface area contributed by atoms with E-state index < -0.39 is 7.19 Å². The van der Waals surface area contributed by atoms with Gasteiger partial charge in [-0.1, -0.05) is 0 Å². The predicted octanol–water partition coefficient (Wildman–Crippen LogP) is 2.50. The second kappa shape index (κ2) is 4.37. The van der Waals surface area contributed by atoms with Gasteiger partial charge in [0.2, 0.25) is 0 Å². The Hall–Kier alpha value is 0.840. The summed E-state index contributed by atoms with van der Waals surface area (Å²) in [4.78, 5) is 10.7. The highest BCUT2D eigenvalue weighted by atomic mass is 127. The van der Waals surface area contributed by atoms with E-state index in [0.717, 1.165) is 3.97 Å². The molecular weight excluding hydrogens is 500 g/mol. The average Bonchev–Trinajstić information content (AvgIpc) is 2.22. The van der Waals surface area contributed by atoms with Gasteiger partial charge in [0.1, 0.15) is 8.30 Å². The smallest absolute Gasteiger partial charge is 0.293 e. The fourth-order valence-electron chi connectivity index (χ4n) is 0.942. The van der Waals surface area contributed by atoms with Gasteiger partial charge >= 0.3 is 0 Å². The Morgan fingerprint density at radius 3 is 2.21 bits per heavy atom. The quantitative estimate of drug-likeness (QED) is 0.354. The number of rotatable bonds is 2. The highest BCUT2D eigenvalue weighted by Crippen LogP contribution is 2.30. The molecule has 1 rings (SSSR count). The van der Waals surface area contributed by atoms with Crippen molar-refractivity contribution in [3.8, 4) is 0 Å². The first kappa shape index (κ1) is 12.9. The monoisotopic (exact) mass is 503 g/mol. The van der Waals surface area contributed by atoms with E-state index in [-0.39, 0.29) is 0 Å². The molecule has 0 atom stereocenters. The summed E-state index contributed by atoms with van der Waals surface area (Å²) in [5.41, 5.74) is 1.03. The summed E-state index contributed by atoms with van der Waals surface area (Å²) in [6.45, 7) is 1.69. The van der Waals surface area contributed by atoms with E-state index in [0.29, 0.717) is 25.7 Å². The Kier molecular flexibility index (Phi) is 4.03. The largest absolute Gasteiger partial charge is 0.298 e. The standard InChI is InChI=1S/C6H4BrI2NO3S/c1-3-4(2-11)6(8)10(5(3)7)14(9,12)13/h2H,1H3. The third-order valence-electron chi connectivity index (χ3n) is 1.63. The van der Waals surface area contributed by atoms with Crippen LogP contribution in [0.25, 0.3) is 0 Å². The summed E-state index contributed by atoms with van der Waals surface area (Å²) < 4.78 is 24.6. The lowest BCUT2D eigenvalue weighted by Gasteiger charge is -2.01. The first-order chi connectivity index (χ1) is 6.30. The Balaban J connectivity index is 3.71. The van der Waals surface area contributed by atoms with Crippen molar-refractivity contribution in [2.24, 2.45) is 0 Å². The first-order valence-corrected chi connectivity index (χ1v) is 9.12. The predicted molar refractivity (Wildman–Crippen MR) is 73.3 cm³/mol. The van der Waals surface area contributed by atoms with E-state index in [1.54, 1.807) is 6.92 Å². The third-order valence-corrected chi connectivity index (χ3v) is 6.19. The molecule has 78 valence electrons. The molecule has 4 nitrogen and oxygen atoms in total. The van der Waals surface area contributed by atoms with Crippen LogP contribution in [0, 0.1) is 10.6 Å². The SMILES string of the molecule is Cc1c(C=O)c(I)n(S(=O)(=O)I)c1Br. The van der Waals surface area contributed by atoms with Gasteiger partial charge in [-0.05, 0) is 51.0 Å². The molecule has 0 saturated carbocycles. The van der Waals surface area contributed by atoms with Crippen LogP contribution in [0.4, 0.5) is 0 Å². The summed E-state index contributed by atoms with van der Waals surface area (Å²) in [6.07, 6.45) is 0.653. The van der Waals surface area contributed by atoms with Gasteiger partial charge < -0.3 is 0 Å². The average molecular weight is 504 g/mol. The van der Waals surface area contributed by atoms with Gasteiger partial charge in [-0.25, -0.2) is 3.97 Å². The topological polar surface area (TPSA) is 56.1 Å². The van der Waals surface area contributed by atoms with Crippen molar-refractivity contribution in [1.82, 2.24) is 3.97 Å². The Morgan fingerprint density at radius 2 is 2.00 bits per heavy atom. The Labute approximate surface area is 115 Å². The van der Waals surface area contributed by atoms with Crippen molar-refractivity contribution < 1.29 is 13.2 Å². The van der Waals surface area contributed by atoms with Crippen LogP contribution in [0.1, 0.15) is 15.9 Å². The lowest BCUT2D eigenvalue weighted by atomic mass is 10.2. The van der Waals surface area contributed by atoms with Crippen molar-refractivity contribution >= 4 is 73.2 Å². The van der Waals surface area contributed by atoms with Crippen molar-refractivity contribution in [2.75, 3.05) is 0 Å². The molecule has 8 heteroatoms. The molecule has 0 aromatic carbocycles. The molecule has 0 bridgehead atoms. The fourth-order valence-corrected chi connectivity index (χ4v) is 7.53. The Morgan fingerprint density at radius 1 is 1.50 bits per heavy atom. The number of aldehydes is 1. The maximum atomic E-state index is 11.4. The van der Waals surface area contributed by atoms with Crippen LogP contribution in [-0.2, 0) is 7.19 Å². The zero-order chi connectivity index (χ0) is 11.1. The molecule has 1 heterocycles. The van der Waals surface area contributed by atoms with E-state index in [2.05, 4.69) is 15.9 Å². The molecule has 0 aliphatic heterocycles. The van der Waals surface area contributed by atoms with Gasteiger partial charge in [0.15, 0.2) is 6.29 Å². The molecule has 1 aromatic rings. The molecule has 0 amide bonds. The number of aromatic nitrogens is 1. The first-order valence-electron chi connectivity index (χ1n) is 3.27. The molecule has 0 fully saturated rings. The molecule has 0 aliphatic carbocycles. The van der Waals surface area contributed by atoms with Crippen molar-refractivity contribution in [2.45, 2.75) is 6.92 Å². The van der Waals surface area contributed by atoms with E-state index in [1.165, 1.54) is 21.2 Å². The minimum absolute atomic E-state index is 0.399. The van der Waals surface area contributed by atoms with Crippen molar-refractivity contribution in [1.29, 1.82) is 0 Å². The minimum atomic E-state index is -3.40. The van der Waals surface area contributed by atoms with Crippen molar-refractivity contribution in [3.63, 3.8) is 0 Å². The zero-order valence-corrected chi connectivity index (χ0v) is 13.5. The molecule has 14 heavy (non-hydrogen) atoms. The summed E-state index contributed by atoms with van der Waals surface area (Å²) in [5.74, 6) is 0. The lowest BCUT2D eigenvalue weighted by Crippen LogP contribution is -2.06. The molecule has 0 saturated heterocycles. The van der Waals surface area contributed by atoms with Gasteiger partial charge in [-0.15, -0.1) is 0 Å². The van der Waals surface area contributed by atoms with E-state index >= 15 is 0 Å². The number of carbonyl (C=O) groups is 1. The summed E-state index contributed by atoms with van der Waals surface area (Å²) in [5, 5.41) is 0. The maximum Gasteiger partial charge on any atom is 0.293 e. The number of nitrogens with zero attached hydrogens (tertiary/aromatic N) is 1. The molecule has 0 spiro atoms. The van der Waals surface area contributed by atoms with Gasteiger partial charge in [0.25, 0.3) is 7.19 Å². The Bertz CT molecular complexity index is 494. The van der Waals surface area contributed by atoms with E-state index in [4.69, 9.17) is 0 Å². The normalized spacial score (nSPS) is 11.7. The maximum absolute atomic E-state index is 11.4. The molecule has 0 aliphatic rings. The second-order valence-electron chi connectivity index (χ2n) is 2.44. The third kappa shape index (κ3) is 2.16. The second-order valence-corrected chi connectivity index (χ2v) is 8.75. The number of hydrogen-bond acceptors (Lipinski definition) is 3. The van der Waals surface area contributed by atoms with E-state index in [9.17, 15) is 13.2 Å². The lowest BCUT2D eigenvalue weighted by molar-refractivity contribution is 0.112. The van der Waals surface area contributed by atoms with Gasteiger partial charge in [0, 0.05) is 0 Å². The number of hydrogen-bond donors (Lipinski definition) is 0. The summed E-state index contributed by atoms with van der Waals surface area (Å²) in [7, 11) is -3.40. The fraction of sp³-hybridized carbons (Fsp3) is 0.167. The molecule has 0 radical (unpaired) electrons. The van der Waals surface area contributed by atoms with Crippen LogP contribution < -0.4 is 0 Å². The summed E-state index contributed by atoms with van der Waals surface area (Å²) in [6, 6.07) is 0. The van der Waals surface area contributed by atoms with Gasteiger partial charge in [-0.2, -0.15) is 8.42 Å². The molecule has 0 N–H and O–H groups in total. The number of halogens is 3. The van der Waals surface area contributed by atoms with Crippen LogP contribution in [0.3, 0.4) is 0 Å². The highest BCUT2D eigenvalue weighted by Gasteiger charge is 2.22. The minimum Gasteiger partial charge on any atom is -0.298 e. The van der Waals surface area contributed by atoms with Crippen LogP contribution >= 0.6 is 59.7 Å². The molecular formula is C6H4BrI2NO3S. The van der Waals surface area contributed by atoms with Crippen LogP contribution in [0.5, 0.6) is 0 Å².